The van der Waals surface area contributed by atoms with Gasteiger partial charge in [0.15, 0.2) is 0 Å². The van der Waals surface area contributed by atoms with Crippen LogP contribution in [0.25, 0.3) is 22.2 Å². The fourth-order valence-electron chi connectivity index (χ4n) is 2.35. The summed E-state index contributed by atoms with van der Waals surface area (Å²) in [4.78, 5) is 29.5. The number of carbonyl (C=O) groups excluding carboxylic acids is 1. The van der Waals surface area contributed by atoms with Gasteiger partial charge >= 0.3 is 5.97 Å². The minimum atomic E-state index is -0.439. The van der Waals surface area contributed by atoms with E-state index >= 15 is 0 Å². The van der Waals surface area contributed by atoms with Crippen LogP contribution < -0.4 is 0 Å². The first-order valence-corrected chi connectivity index (χ1v) is 6.99. The number of hydrogen-bond acceptors (Lipinski definition) is 5. The van der Waals surface area contributed by atoms with Crippen molar-refractivity contribution in [3.05, 3.63) is 58.4 Å². The van der Waals surface area contributed by atoms with Crippen LogP contribution in [0.15, 0.2) is 42.7 Å². The molecule has 0 saturated carbocycles. The Kier molecular flexibility index (Phi) is 3.76. The van der Waals surface area contributed by atoms with Gasteiger partial charge in [0, 0.05) is 11.8 Å². The molecule has 1 N–H and O–H groups in total. The molecule has 0 aliphatic carbocycles. The van der Waals surface area contributed by atoms with Crippen molar-refractivity contribution in [3.8, 4) is 11.3 Å². The summed E-state index contributed by atoms with van der Waals surface area (Å²) in [6.45, 7) is 2.02. The molecular weight excluding hydrogens is 298 g/mol. The molecule has 7 nitrogen and oxygen atoms in total. The first kappa shape index (κ1) is 14.7. The number of ether oxygens (including phenoxy) is 1. The second kappa shape index (κ2) is 5.88. The Morgan fingerprint density at radius 3 is 2.91 bits per heavy atom. The number of hydrogen-bond donors (Lipinski definition) is 1. The van der Waals surface area contributed by atoms with E-state index in [1.165, 1.54) is 12.4 Å². The molecule has 3 rings (SSSR count). The summed E-state index contributed by atoms with van der Waals surface area (Å²) in [5, 5.41) is 11.5. The van der Waals surface area contributed by atoms with Gasteiger partial charge in [-0.1, -0.05) is 6.07 Å². The zero-order valence-corrected chi connectivity index (χ0v) is 12.3. The maximum absolute atomic E-state index is 11.8. The van der Waals surface area contributed by atoms with Gasteiger partial charge in [-0.15, -0.1) is 0 Å². The SMILES string of the molecule is CCOC(=O)c1ccnc(-c2ccc3[nH]cc([N+](=O)[O-])c3c2)c1. The number of pyridine rings is 1. The molecule has 0 aliphatic rings. The highest BCUT2D eigenvalue weighted by molar-refractivity contribution is 5.93. The Balaban J connectivity index is 2.06. The van der Waals surface area contributed by atoms with Crippen LogP contribution in [0.2, 0.25) is 0 Å². The number of esters is 1. The zero-order chi connectivity index (χ0) is 16.4. The van der Waals surface area contributed by atoms with Crippen molar-refractivity contribution in [2.45, 2.75) is 6.92 Å². The minimum Gasteiger partial charge on any atom is -0.462 e. The molecule has 0 atom stereocenters. The van der Waals surface area contributed by atoms with Crippen LogP contribution in [0.3, 0.4) is 0 Å². The maximum atomic E-state index is 11.8. The van der Waals surface area contributed by atoms with E-state index in [2.05, 4.69) is 9.97 Å². The van der Waals surface area contributed by atoms with Gasteiger partial charge in [0.05, 0.1) is 39.9 Å². The summed E-state index contributed by atoms with van der Waals surface area (Å²) in [6, 6.07) is 8.40. The van der Waals surface area contributed by atoms with Crippen LogP contribution in [0, 0.1) is 10.1 Å². The van der Waals surface area contributed by atoms with Crippen LogP contribution >= 0.6 is 0 Å². The lowest BCUT2D eigenvalue weighted by Gasteiger charge is -2.05. The predicted octanol–water partition coefficient (Wildman–Crippen LogP) is 3.31. The molecule has 1 aromatic carbocycles. The minimum absolute atomic E-state index is 0.00315. The van der Waals surface area contributed by atoms with E-state index in [1.54, 1.807) is 37.3 Å². The molecule has 0 radical (unpaired) electrons. The van der Waals surface area contributed by atoms with E-state index in [4.69, 9.17) is 4.74 Å². The number of rotatable bonds is 4. The number of aromatic nitrogens is 2. The van der Waals surface area contributed by atoms with Crippen LogP contribution in [-0.4, -0.2) is 27.5 Å². The molecule has 0 aliphatic heterocycles. The zero-order valence-electron chi connectivity index (χ0n) is 12.3. The average molecular weight is 311 g/mol. The normalized spacial score (nSPS) is 10.7. The molecule has 116 valence electrons. The summed E-state index contributed by atoms with van der Waals surface area (Å²) < 4.78 is 4.97. The topological polar surface area (TPSA) is 98.1 Å². The van der Waals surface area contributed by atoms with E-state index in [-0.39, 0.29) is 12.3 Å². The van der Waals surface area contributed by atoms with E-state index in [9.17, 15) is 14.9 Å². The number of H-pyrrole nitrogens is 1. The van der Waals surface area contributed by atoms with Crippen molar-refractivity contribution in [2.24, 2.45) is 0 Å². The number of fused-ring (bicyclic) bond motifs is 1. The molecule has 23 heavy (non-hydrogen) atoms. The van der Waals surface area contributed by atoms with Crippen LogP contribution in [0.5, 0.6) is 0 Å². The van der Waals surface area contributed by atoms with Crippen LogP contribution in [0.4, 0.5) is 5.69 Å². The van der Waals surface area contributed by atoms with Crippen molar-refractivity contribution in [2.75, 3.05) is 6.61 Å². The second-order valence-electron chi connectivity index (χ2n) is 4.84. The number of nitrogens with zero attached hydrogens (tertiary/aromatic N) is 2. The third-order valence-corrected chi connectivity index (χ3v) is 3.42. The number of carbonyl (C=O) groups is 1. The predicted molar refractivity (Wildman–Crippen MR) is 84.1 cm³/mol. The summed E-state index contributed by atoms with van der Waals surface area (Å²) in [7, 11) is 0. The largest absolute Gasteiger partial charge is 0.462 e. The van der Waals surface area contributed by atoms with Crippen molar-refractivity contribution in [1.29, 1.82) is 0 Å². The van der Waals surface area contributed by atoms with Crippen LogP contribution in [-0.2, 0) is 4.74 Å². The third-order valence-electron chi connectivity index (χ3n) is 3.42. The highest BCUT2D eigenvalue weighted by atomic mass is 16.6. The Labute approximate surface area is 131 Å². The van der Waals surface area contributed by atoms with Gasteiger partial charge < -0.3 is 9.72 Å². The molecule has 7 heteroatoms. The molecule has 0 fully saturated rings. The smallest absolute Gasteiger partial charge is 0.338 e. The second-order valence-corrected chi connectivity index (χ2v) is 4.84. The van der Waals surface area contributed by atoms with E-state index in [0.29, 0.717) is 27.7 Å². The first-order chi connectivity index (χ1) is 11.1. The van der Waals surface area contributed by atoms with Gasteiger partial charge in [0.1, 0.15) is 0 Å². The molecule has 2 aromatic heterocycles. The summed E-state index contributed by atoms with van der Waals surface area (Å²) in [5.74, 6) is -0.426. The molecule has 0 saturated heterocycles. The molecule has 0 spiro atoms. The van der Waals surface area contributed by atoms with Gasteiger partial charge in [0.25, 0.3) is 5.69 Å². The fourth-order valence-corrected chi connectivity index (χ4v) is 2.35. The van der Waals surface area contributed by atoms with Crippen LogP contribution in [0.1, 0.15) is 17.3 Å². The van der Waals surface area contributed by atoms with Gasteiger partial charge in [-0.3, -0.25) is 15.1 Å². The van der Waals surface area contributed by atoms with Crippen molar-refractivity contribution in [1.82, 2.24) is 9.97 Å². The number of nitro groups is 1. The number of nitrogens with one attached hydrogen (secondary N) is 1. The average Bonchev–Trinajstić information content (AvgIpc) is 2.98. The highest BCUT2D eigenvalue weighted by Crippen LogP contribution is 2.29. The fraction of sp³-hybridized carbons (Fsp3) is 0.125. The summed E-state index contributed by atoms with van der Waals surface area (Å²) in [6.07, 6.45) is 2.87. The quantitative estimate of drug-likeness (QED) is 0.453. The summed E-state index contributed by atoms with van der Waals surface area (Å²) >= 11 is 0. The Bertz CT molecular complexity index is 901. The van der Waals surface area contributed by atoms with Gasteiger partial charge in [0.2, 0.25) is 0 Å². The Morgan fingerprint density at radius 2 is 2.17 bits per heavy atom. The number of aromatic amines is 1. The van der Waals surface area contributed by atoms with Crippen molar-refractivity contribution in [3.63, 3.8) is 0 Å². The molecule has 0 unspecified atom stereocenters. The van der Waals surface area contributed by atoms with Gasteiger partial charge in [-0.25, -0.2) is 4.79 Å². The number of benzene rings is 1. The van der Waals surface area contributed by atoms with E-state index in [1.807, 2.05) is 0 Å². The van der Waals surface area contributed by atoms with E-state index in [0.717, 1.165) is 0 Å². The molecule has 0 bridgehead atoms. The summed E-state index contributed by atoms with van der Waals surface area (Å²) in [5.41, 5.74) is 2.30. The molecule has 0 amide bonds. The Morgan fingerprint density at radius 1 is 1.35 bits per heavy atom. The monoisotopic (exact) mass is 311 g/mol. The highest BCUT2D eigenvalue weighted by Gasteiger charge is 2.15. The lowest BCUT2D eigenvalue weighted by molar-refractivity contribution is -0.383. The lowest BCUT2D eigenvalue weighted by atomic mass is 10.1. The van der Waals surface area contributed by atoms with E-state index < -0.39 is 10.9 Å². The lowest BCUT2D eigenvalue weighted by Crippen LogP contribution is -2.04. The molecular formula is C16H13N3O4. The standard InChI is InChI=1S/C16H13N3O4/c1-2-23-16(20)11-5-6-17-14(8-11)10-3-4-13-12(7-10)15(9-18-13)19(21)22/h3-9,18H,2H2,1H3. The third kappa shape index (κ3) is 2.76. The van der Waals surface area contributed by atoms with Gasteiger partial charge in [-0.2, -0.15) is 0 Å². The molecule has 2 heterocycles. The van der Waals surface area contributed by atoms with Gasteiger partial charge in [-0.05, 0) is 31.2 Å². The van der Waals surface area contributed by atoms with Crippen molar-refractivity contribution < 1.29 is 14.5 Å². The van der Waals surface area contributed by atoms with Crippen molar-refractivity contribution >= 4 is 22.6 Å². The maximum Gasteiger partial charge on any atom is 0.338 e. The Hall–Kier alpha value is -3.22. The molecule has 3 aromatic rings. The first-order valence-electron chi connectivity index (χ1n) is 6.99.